The van der Waals surface area contributed by atoms with Crippen molar-refractivity contribution in [3.63, 3.8) is 0 Å². The van der Waals surface area contributed by atoms with Crippen LogP contribution in [0.2, 0.25) is 0 Å². The number of thiazole rings is 1. The van der Waals surface area contributed by atoms with Crippen LogP contribution in [0.5, 0.6) is 5.75 Å². The largest absolute Gasteiger partial charge is 0.494 e. The molecule has 28 heavy (non-hydrogen) atoms. The molecule has 5 heteroatoms. The Kier molecular flexibility index (Phi) is 4.79. The Labute approximate surface area is 169 Å². The molecule has 0 bridgehead atoms. The monoisotopic (exact) mass is 391 g/mol. The highest BCUT2D eigenvalue weighted by Crippen LogP contribution is 2.30. The third-order valence-electron chi connectivity index (χ3n) is 5.83. The van der Waals surface area contributed by atoms with E-state index in [1.54, 1.807) is 11.3 Å². The maximum atomic E-state index is 5.95. The van der Waals surface area contributed by atoms with E-state index in [1.807, 2.05) is 17.6 Å². The Bertz CT molecular complexity index is 1110. The lowest BCUT2D eigenvalue weighted by atomic mass is 10.0. The van der Waals surface area contributed by atoms with Gasteiger partial charge < -0.3 is 9.30 Å². The van der Waals surface area contributed by atoms with Crippen molar-refractivity contribution in [3.05, 3.63) is 59.2 Å². The lowest BCUT2D eigenvalue weighted by Gasteiger charge is -2.27. The number of fused-ring (bicyclic) bond motifs is 4. The minimum Gasteiger partial charge on any atom is -0.494 e. The predicted molar refractivity (Wildman–Crippen MR) is 116 cm³/mol. The molecular weight excluding hydrogens is 366 g/mol. The molecule has 3 heterocycles. The summed E-state index contributed by atoms with van der Waals surface area (Å²) in [6.07, 6.45) is 3.40. The molecule has 1 aliphatic rings. The van der Waals surface area contributed by atoms with Gasteiger partial charge >= 0.3 is 0 Å². The Hall–Kier alpha value is -2.37. The molecule has 0 radical (unpaired) electrons. The van der Waals surface area contributed by atoms with Crippen LogP contribution < -0.4 is 4.74 Å². The number of unbranched alkanes of at least 4 members (excludes halogenated alkanes) is 1. The number of rotatable bonds is 6. The molecule has 0 unspecified atom stereocenters. The minimum atomic E-state index is 0.775. The highest BCUT2D eigenvalue weighted by atomic mass is 32.1. The van der Waals surface area contributed by atoms with Gasteiger partial charge in [0, 0.05) is 43.2 Å². The first-order chi connectivity index (χ1) is 13.8. The molecule has 144 valence electrons. The van der Waals surface area contributed by atoms with Gasteiger partial charge in [-0.2, -0.15) is 0 Å². The van der Waals surface area contributed by atoms with E-state index in [4.69, 9.17) is 4.74 Å². The van der Waals surface area contributed by atoms with Gasteiger partial charge in [0.25, 0.3) is 0 Å². The van der Waals surface area contributed by atoms with E-state index in [0.717, 1.165) is 50.3 Å². The molecule has 0 atom stereocenters. The van der Waals surface area contributed by atoms with Crippen molar-refractivity contribution in [2.45, 2.75) is 25.8 Å². The maximum absolute atomic E-state index is 5.95. The van der Waals surface area contributed by atoms with Crippen molar-refractivity contribution >= 4 is 32.5 Å². The van der Waals surface area contributed by atoms with E-state index in [1.165, 1.54) is 33.3 Å². The second-order valence-corrected chi connectivity index (χ2v) is 8.45. The van der Waals surface area contributed by atoms with Crippen LogP contribution in [-0.4, -0.2) is 34.1 Å². The SMILES string of the molecule is Cn1c2c(c3ccccc31)CN(CCCCOc1ccc3ncsc3c1)CC2. The van der Waals surface area contributed by atoms with Crippen LogP contribution in [0.3, 0.4) is 0 Å². The first-order valence-electron chi connectivity index (χ1n) is 10.0. The smallest absolute Gasteiger partial charge is 0.120 e. The zero-order valence-corrected chi connectivity index (χ0v) is 17.0. The van der Waals surface area contributed by atoms with Crippen molar-refractivity contribution in [1.82, 2.24) is 14.5 Å². The molecule has 5 rings (SSSR count). The standard InChI is InChI=1S/C23H25N3OS/c1-25-21-7-3-2-6-18(21)19-15-26(12-10-22(19)25)11-4-5-13-27-17-8-9-20-23(14-17)28-16-24-20/h2-3,6-9,14,16H,4-5,10-13,15H2,1H3. The van der Waals surface area contributed by atoms with Gasteiger partial charge in [0.1, 0.15) is 5.75 Å². The Morgan fingerprint density at radius 3 is 3.04 bits per heavy atom. The lowest BCUT2D eigenvalue weighted by molar-refractivity contribution is 0.234. The van der Waals surface area contributed by atoms with Crippen molar-refractivity contribution in [2.75, 3.05) is 19.7 Å². The normalized spacial score (nSPS) is 14.6. The van der Waals surface area contributed by atoms with Gasteiger partial charge in [-0.25, -0.2) is 4.98 Å². The number of benzene rings is 2. The van der Waals surface area contributed by atoms with E-state index in [0.29, 0.717) is 0 Å². The fourth-order valence-electron chi connectivity index (χ4n) is 4.33. The van der Waals surface area contributed by atoms with Gasteiger partial charge in [0.2, 0.25) is 0 Å². The van der Waals surface area contributed by atoms with Crippen LogP contribution in [0, 0.1) is 0 Å². The van der Waals surface area contributed by atoms with Gasteiger partial charge in [0.05, 0.1) is 22.3 Å². The van der Waals surface area contributed by atoms with E-state index in [-0.39, 0.29) is 0 Å². The fourth-order valence-corrected chi connectivity index (χ4v) is 5.04. The number of aromatic nitrogens is 2. The Morgan fingerprint density at radius 2 is 2.07 bits per heavy atom. The first-order valence-corrected chi connectivity index (χ1v) is 10.9. The van der Waals surface area contributed by atoms with Crippen molar-refractivity contribution in [2.24, 2.45) is 7.05 Å². The van der Waals surface area contributed by atoms with Crippen LogP contribution in [0.4, 0.5) is 0 Å². The van der Waals surface area contributed by atoms with E-state index in [9.17, 15) is 0 Å². The zero-order valence-electron chi connectivity index (χ0n) is 16.2. The van der Waals surface area contributed by atoms with E-state index >= 15 is 0 Å². The summed E-state index contributed by atoms with van der Waals surface area (Å²) in [5.41, 5.74) is 7.34. The summed E-state index contributed by atoms with van der Waals surface area (Å²) in [7, 11) is 2.21. The summed E-state index contributed by atoms with van der Waals surface area (Å²) in [4.78, 5) is 6.91. The Morgan fingerprint density at radius 1 is 1.14 bits per heavy atom. The molecule has 0 spiro atoms. The molecule has 4 aromatic rings. The minimum absolute atomic E-state index is 0.775. The average molecular weight is 392 g/mol. The summed E-state index contributed by atoms with van der Waals surface area (Å²) in [5, 5.41) is 1.42. The summed E-state index contributed by atoms with van der Waals surface area (Å²) < 4.78 is 9.52. The third-order valence-corrected chi connectivity index (χ3v) is 6.62. The average Bonchev–Trinajstić information content (AvgIpc) is 3.31. The highest BCUT2D eigenvalue weighted by molar-refractivity contribution is 7.16. The molecule has 4 nitrogen and oxygen atoms in total. The quantitative estimate of drug-likeness (QED) is 0.433. The van der Waals surface area contributed by atoms with Crippen molar-refractivity contribution in [1.29, 1.82) is 0 Å². The van der Waals surface area contributed by atoms with Gasteiger partial charge in [-0.3, -0.25) is 4.90 Å². The van der Waals surface area contributed by atoms with Gasteiger partial charge in [-0.15, -0.1) is 11.3 Å². The molecule has 0 saturated carbocycles. The number of aryl methyl sites for hydroxylation is 1. The highest BCUT2D eigenvalue weighted by Gasteiger charge is 2.22. The number of ether oxygens (including phenoxy) is 1. The maximum Gasteiger partial charge on any atom is 0.120 e. The van der Waals surface area contributed by atoms with Crippen LogP contribution in [0.15, 0.2) is 48.0 Å². The molecule has 2 aromatic heterocycles. The second kappa shape index (κ2) is 7.57. The van der Waals surface area contributed by atoms with Crippen molar-refractivity contribution in [3.8, 4) is 5.75 Å². The van der Waals surface area contributed by atoms with Gasteiger partial charge in [-0.1, -0.05) is 18.2 Å². The van der Waals surface area contributed by atoms with Crippen LogP contribution in [-0.2, 0) is 20.0 Å². The van der Waals surface area contributed by atoms with Gasteiger partial charge in [-0.05, 0) is 49.2 Å². The lowest BCUT2D eigenvalue weighted by Crippen LogP contribution is -2.31. The number of hydrogen-bond donors (Lipinski definition) is 0. The fraction of sp³-hybridized carbons (Fsp3) is 0.348. The topological polar surface area (TPSA) is 30.3 Å². The summed E-state index contributed by atoms with van der Waals surface area (Å²) in [6.45, 7) is 4.14. The van der Waals surface area contributed by atoms with E-state index < -0.39 is 0 Å². The van der Waals surface area contributed by atoms with Crippen molar-refractivity contribution < 1.29 is 4.74 Å². The molecule has 0 fully saturated rings. The second-order valence-electron chi connectivity index (χ2n) is 7.57. The number of para-hydroxylation sites is 1. The van der Waals surface area contributed by atoms with Crippen LogP contribution in [0.25, 0.3) is 21.1 Å². The number of hydrogen-bond acceptors (Lipinski definition) is 4. The molecule has 0 amide bonds. The van der Waals surface area contributed by atoms with Gasteiger partial charge in [0.15, 0.2) is 0 Å². The van der Waals surface area contributed by atoms with Crippen LogP contribution in [0.1, 0.15) is 24.1 Å². The Balaban J connectivity index is 1.13. The summed E-state index contributed by atoms with van der Waals surface area (Å²) in [6, 6.07) is 15.0. The summed E-state index contributed by atoms with van der Waals surface area (Å²) in [5.74, 6) is 0.954. The molecule has 1 aliphatic heterocycles. The molecule has 0 N–H and O–H groups in total. The molecule has 0 aliphatic carbocycles. The van der Waals surface area contributed by atoms with E-state index in [2.05, 4.69) is 51.8 Å². The molecule has 2 aromatic carbocycles. The zero-order chi connectivity index (χ0) is 18.9. The molecular formula is C23H25N3OS. The summed E-state index contributed by atoms with van der Waals surface area (Å²) >= 11 is 1.66. The van der Waals surface area contributed by atoms with Crippen LogP contribution >= 0.6 is 11.3 Å². The predicted octanol–water partition coefficient (Wildman–Crippen LogP) is 5.01. The first kappa shape index (κ1) is 17.7. The number of nitrogens with zero attached hydrogens (tertiary/aromatic N) is 3. The third kappa shape index (κ3) is 3.29. The molecule has 0 saturated heterocycles.